The number of rotatable bonds is 7. The molecule has 1 atom stereocenters. The molecule has 0 spiro atoms. The van der Waals surface area contributed by atoms with Crippen LogP contribution in [0.25, 0.3) is 0 Å². The van der Waals surface area contributed by atoms with E-state index in [1.54, 1.807) is 36.0 Å². The van der Waals surface area contributed by atoms with Gasteiger partial charge in [-0.1, -0.05) is 18.2 Å². The molecule has 0 aromatic heterocycles. The lowest BCUT2D eigenvalue weighted by Gasteiger charge is -2.21. The Morgan fingerprint density at radius 1 is 1.10 bits per heavy atom. The Morgan fingerprint density at radius 3 is 2.41 bits per heavy atom. The molecule has 0 bridgehead atoms. The molecule has 0 saturated carbocycles. The van der Waals surface area contributed by atoms with Crippen molar-refractivity contribution in [2.24, 2.45) is 0 Å². The summed E-state index contributed by atoms with van der Waals surface area (Å²) in [6.07, 6.45) is 6.58. The van der Waals surface area contributed by atoms with E-state index in [1.807, 2.05) is 13.2 Å². The first-order chi connectivity index (χ1) is 13.8. The van der Waals surface area contributed by atoms with E-state index in [2.05, 4.69) is 23.5 Å². The summed E-state index contributed by atoms with van der Waals surface area (Å²) in [5, 5.41) is 2.93. The fourth-order valence-electron chi connectivity index (χ4n) is 3.61. The van der Waals surface area contributed by atoms with Crippen LogP contribution in [-0.2, 0) is 27.7 Å². The molecule has 0 fully saturated rings. The number of likely N-dealkylation sites (N-methyl/N-ethyl adjacent to an activating group) is 1. The summed E-state index contributed by atoms with van der Waals surface area (Å²) in [5.41, 5.74) is 3.82. The number of hydrogen-bond donors (Lipinski definition) is 1. The zero-order chi connectivity index (χ0) is 21.0. The molecule has 1 aliphatic rings. The monoisotopic (exact) mass is 432 g/mol. The van der Waals surface area contributed by atoms with Gasteiger partial charge in [0.1, 0.15) is 0 Å². The molecule has 3 rings (SSSR count). The zero-order valence-electron chi connectivity index (χ0n) is 17.1. The molecule has 1 amide bonds. The molecule has 1 aliphatic carbocycles. The molecule has 1 N–H and O–H groups in total. The minimum Gasteiger partial charge on any atom is -0.348 e. The van der Waals surface area contributed by atoms with Crippen LogP contribution in [0.1, 0.15) is 42.5 Å². The summed E-state index contributed by atoms with van der Waals surface area (Å²) < 4.78 is 26.5. The Labute approximate surface area is 177 Å². The number of carbonyl (C=O) groups is 1. The summed E-state index contributed by atoms with van der Waals surface area (Å²) in [6.45, 7) is 1.71. The number of benzene rings is 2. The predicted molar refractivity (Wildman–Crippen MR) is 118 cm³/mol. The summed E-state index contributed by atoms with van der Waals surface area (Å²) in [4.78, 5) is 13.7. The maximum Gasteiger partial charge on any atom is 0.243 e. The molecule has 29 heavy (non-hydrogen) atoms. The van der Waals surface area contributed by atoms with E-state index in [0.717, 1.165) is 27.6 Å². The molecule has 7 heteroatoms. The first kappa shape index (κ1) is 21.9. The number of nitrogens with zero attached hydrogens (tertiary/aromatic N) is 1. The number of sulfonamides is 1. The summed E-state index contributed by atoms with van der Waals surface area (Å²) in [6, 6.07) is 12.9. The highest BCUT2D eigenvalue weighted by Gasteiger charge is 2.24. The highest BCUT2D eigenvalue weighted by Crippen LogP contribution is 2.25. The quantitative estimate of drug-likeness (QED) is 0.676. The van der Waals surface area contributed by atoms with Crippen molar-refractivity contribution in [1.82, 2.24) is 9.62 Å². The van der Waals surface area contributed by atoms with Gasteiger partial charge in [0.15, 0.2) is 0 Å². The van der Waals surface area contributed by atoms with E-state index in [0.29, 0.717) is 0 Å². The van der Waals surface area contributed by atoms with E-state index in [9.17, 15) is 13.2 Å². The highest BCUT2D eigenvalue weighted by molar-refractivity contribution is 7.98. The van der Waals surface area contributed by atoms with Crippen LogP contribution in [0.15, 0.2) is 52.3 Å². The molecule has 0 aliphatic heterocycles. The lowest BCUT2D eigenvalue weighted by molar-refractivity contribution is -0.121. The first-order valence-corrected chi connectivity index (χ1v) is 12.5. The van der Waals surface area contributed by atoms with E-state index in [-0.39, 0.29) is 23.4 Å². The van der Waals surface area contributed by atoms with E-state index >= 15 is 0 Å². The van der Waals surface area contributed by atoms with Gasteiger partial charge in [0.05, 0.1) is 17.5 Å². The van der Waals surface area contributed by atoms with E-state index < -0.39 is 10.0 Å². The van der Waals surface area contributed by atoms with Crippen molar-refractivity contribution in [3.8, 4) is 0 Å². The van der Waals surface area contributed by atoms with Crippen molar-refractivity contribution in [3.63, 3.8) is 0 Å². The van der Waals surface area contributed by atoms with Gasteiger partial charge in [-0.05, 0) is 79.8 Å². The van der Waals surface area contributed by atoms with Crippen LogP contribution in [0.5, 0.6) is 0 Å². The van der Waals surface area contributed by atoms with Crippen LogP contribution in [0.2, 0.25) is 0 Å². The smallest absolute Gasteiger partial charge is 0.243 e. The molecule has 156 valence electrons. The Balaban J connectivity index is 1.63. The third kappa shape index (κ3) is 5.21. The fourth-order valence-corrected chi connectivity index (χ4v) is 5.14. The third-order valence-corrected chi connectivity index (χ3v) is 7.95. The van der Waals surface area contributed by atoms with Gasteiger partial charge in [0, 0.05) is 11.9 Å². The molecule has 0 heterocycles. The van der Waals surface area contributed by atoms with Gasteiger partial charge in [0.2, 0.25) is 15.9 Å². The summed E-state index contributed by atoms with van der Waals surface area (Å²) in [5.74, 6) is -0.318. The Kier molecular flexibility index (Phi) is 7.03. The fraction of sp³-hybridized carbons (Fsp3) is 0.409. The van der Waals surface area contributed by atoms with Crippen LogP contribution in [-0.4, -0.2) is 38.5 Å². The lowest BCUT2D eigenvalue weighted by atomic mass is 9.89. The number of thioether (sulfide) groups is 1. The summed E-state index contributed by atoms with van der Waals surface area (Å²) in [7, 11) is -2.28. The second-order valence-corrected chi connectivity index (χ2v) is 10.4. The SMILES string of the molecule is CSc1ccc(S(=O)(=O)N(C)CC(=O)NC(C)c2ccc3c(c2)CCCC3)cc1. The van der Waals surface area contributed by atoms with Crippen LogP contribution in [0.3, 0.4) is 0 Å². The summed E-state index contributed by atoms with van der Waals surface area (Å²) >= 11 is 1.55. The first-order valence-electron chi connectivity index (χ1n) is 9.82. The molecule has 0 saturated heterocycles. The number of nitrogens with one attached hydrogen (secondary N) is 1. The lowest BCUT2D eigenvalue weighted by Crippen LogP contribution is -2.39. The van der Waals surface area contributed by atoms with Crippen molar-refractivity contribution < 1.29 is 13.2 Å². The maximum atomic E-state index is 12.7. The molecule has 2 aromatic carbocycles. The minimum atomic E-state index is -3.71. The average Bonchev–Trinajstić information content (AvgIpc) is 2.73. The van der Waals surface area contributed by atoms with Crippen LogP contribution < -0.4 is 5.32 Å². The van der Waals surface area contributed by atoms with E-state index in [1.165, 1.54) is 31.0 Å². The number of fused-ring (bicyclic) bond motifs is 1. The van der Waals surface area contributed by atoms with Crippen molar-refractivity contribution in [3.05, 3.63) is 59.2 Å². The van der Waals surface area contributed by atoms with Gasteiger partial charge in [-0.15, -0.1) is 11.8 Å². The van der Waals surface area contributed by atoms with Gasteiger partial charge < -0.3 is 5.32 Å². The Bertz CT molecular complexity index is 972. The zero-order valence-corrected chi connectivity index (χ0v) is 18.8. The second-order valence-electron chi connectivity index (χ2n) is 7.46. The minimum absolute atomic E-state index is 0.174. The molecule has 0 radical (unpaired) electrons. The van der Waals surface area contributed by atoms with Crippen molar-refractivity contribution in [1.29, 1.82) is 0 Å². The van der Waals surface area contributed by atoms with Gasteiger partial charge in [-0.2, -0.15) is 4.31 Å². The van der Waals surface area contributed by atoms with Gasteiger partial charge >= 0.3 is 0 Å². The Morgan fingerprint density at radius 2 is 1.76 bits per heavy atom. The van der Waals surface area contributed by atoms with E-state index in [4.69, 9.17) is 0 Å². The number of carbonyl (C=O) groups excluding carboxylic acids is 1. The Hall–Kier alpha value is -1.83. The largest absolute Gasteiger partial charge is 0.348 e. The topological polar surface area (TPSA) is 66.5 Å². The number of aryl methyl sites for hydroxylation is 2. The van der Waals surface area contributed by atoms with Gasteiger partial charge in [-0.25, -0.2) is 8.42 Å². The average molecular weight is 433 g/mol. The van der Waals surface area contributed by atoms with Crippen LogP contribution in [0.4, 0.5) is 0 Å². The molecular formula is C22H28N2O3S2. The predicted octanol–water partition coefficient (Wildman–Crippen LogP) is 3.79. The van der Waals surface area contributed by atoms with Crippen LogP contribution in [0, 0.1) is 0 Å². The normalized spacial score (nSPS) is 15.0. The van der Waals surface area contributed by atoms with Gasteiger partial charge in [-0.3, -0.25) is 4.79 Å². The number of amides is 1. The van der Waals surface area contributed by atoms with Gasteiger partial charge in [0.25, 0.3) is 0 Å². The molecule has 2 aromatic rings. The third-order valence-electron chi connectivity index (χ3n) is 5.38. The highest BCUT2D eigenvalue weighted by atomic mass is 32.2. The second kappa shape index (κ2) is 9.32. The van der Waals surface area contributed by atoms with Crippen molar-refractivity contribution in [2.45, 2.75) is 48.4 Å². The maximum absolute atomic E-state index is 12.7. The number of hydrogen-bond acceptors (Lipinski definition) is 4. The molecule has 1 unspecified atom stereocenters. The molecular weight excluding hydrogens is 404 g/mol. The van der Waals surface area contributed by atoms with Crippen LogP contribution >= 0.6 is 11.8 Å². The van der Waals surface area contributed by atoms with Crippen molar-refractivity contribution in [2.75, 3.05) is 19.8 Å². The van der Waals surface area contributed by atoms with Crippen molar-refractivity contribution >= 4 is 27.7 Å². The standard InChI is InChI=1S/C22H28N2O3S2/c1-16(18-9-8-17-6-4-5-7-19(17)14-18)23-22(25)15-24(2)29(26,27)21-12-10-20(28-3)11-13-21/h8-14,16H,4-7,15H2,1-3H3,(H,23,25). The molecule has 5 nitrogen and oxygen atoms in total.